The first-order valence-electron chi connectivity index (χ1n) is 6.76. The van der Waals surface area contributed by atoms with Gasteiger partial charge in [-0.2, -0.15) is 0 Å². The molecule has 2 heteroatoms. The Labute approximate surface area is 104 Å². The number of benzene rings is 1. The second kappa shape index (κ2) is 6.06. The summed E-state index contributed by atoms with van der Waals surface area (Å²) in [5.74, 6) is 1.09. The molecule has 1 aromatic carbocycles. The molecule has 0 atom stereocenters. The maximum Gasteiger partial charge on any atom is 0.123 e. The Morgan fingerprint density at radius 3 is 2.76 bits per heavy atom. The van der Waals surface area contributed by atoms with E-state index in [1.54, 1.807) is 0 Å². The highest BCUT2D eigenvalue weighted by molar-refractivity contribution is 5.40. The SMILES string of the molecule is Cc1cccc(OC2CCCC2)c1CCCN. The van der Waals surface area contributed by atoms with Gasteiger partial charge in [-0.15, -0.1) is 0 Å². The highest BCUT2D eigenvalue weighted by atomic mass is 16.5. The van der Waals surface area contributed by atoms with E-state index in [0.29, 0.717) is 6.10 Å². The number of hydrogen-bond donors (Lipinski definition) is 1. The van der Waals surface area contributed by atoms with Gasteiger partial charge in [0.05, 0.1) is 6.10 Å². The predicted octanol–water partition coefficient (Wildman–Crippen LogP) is 3.21. The van der Waals surface area contributed by atoms with Crippen LogP contribution in [0.5, 0.6) is 5.75 Å². The molecule has 0 amide bonds. The zero-order chi connectivity index (χ0) is 12.1. The monoisotopic (exact) mass is 233 g/mol. The molecule has 0 bridgehead atoms. The quantitative estimate of drug-likeness (QED) is 0.847. The van der Waals surface area contributed by atoms with E-state index in [1.807, 2.05) is 0 Å². The van der Waals surface area contributed by atoms with Gasteiger partial charge in [-0.1, -0.05) is 12.1 Å². The van der Waals surface area contributed by atoms with Crippen LogP contribution in [0, 0.1) is 6.92 Å². The van der Waals surface area contributed by atoms with Crippen LogP contribution in [-0.2, 0) is 6.42 Å². The smallest absolute Gasteiger partial charge is 0.123 e. The lowest BCUT2D eigenvalue weighted by molar-refractivity contribution is 0.207. The van der Waals surface area contributed by atoms with Crippen LogP contribution in [0.4, 0.5) is 0 Å². The fraction of sp³-hybridized carbons (Fsp3) is 0.600. The molecule has 1 aliphatic rings. The summed E-state index contributed by atoms with van der Waals surface area (Å²) in [4.78, 5) is 0. The molecule has 0 aromatic heterocycles. The van der Waals surface area contributed by atoms with Gasteiger partial charge in [-0.25, -0.2) is 0 Å². The van der Waals surface area contributed by atoms with Gasteiger partial charge >= 0.3 is 0 Å². The number of aryl methyl sites for hydroxylation is 1. The van der Waals surface area contributed by atoms with Gasteiger partial charge in [0.2, 0.25) is 0 Å². The van der Waals surface area contributed by atoms with E-state index >= 15 is 0 Å². The lowest BCUT2D eigenvalue weighted by atomic mass is 10.0. The van der Waals surface area contributed by atoms with Crippen molar-refractivity contribution in [3.63, 3.8) is 0 Å². The Bertz CT molecular complexity index is 356. The number of nitrogens with two attached hydrogens (primary N) is 1. The van der Waals surface area contributed by atoms with Gasteiger partial charge in [-0.05, 0) is 69.2 Å². The van der Waals surface area contributed by atoms with Crippen LogP contribution in [0.15, 0.2) is 18.2 Å². The van der Waals surface area contributed by atoms with E-state index in [1.165, 1.54) is 36.8 Å². The van der Waals surface area contributed by atoms with Crippen LogP contribution >= 0.6 is 0 Å². The Hall–Kier alpha value is -1.02. The molecular weight excluding hydrogens is 210 g/mol. The maximum atomic E-state index is 6.14. The summed E-state index contributed by atoms with van der Waals surface area (Å²) in [6.07, 6.45) is 7.56. The minimum Gasteiger partial charge on any atom is -0.490 e. The van der Waals surface area contributed by atoms with E-state index in [9.17, 15) is 0 Å². The lowest BCUT2D eigenvalue weighted by Crippen LogP contribution is -2.13. The second-order valence-corrected chi connectivity index (χ2v) is 4.97. The van der Waals surface area contributed by atoms with Crippen LogP contribution < -0.4 is 10.5 Å². The molecule has 2 rings (SSSR count). The molecule has 1 aromatic rings. The summed E-state index contributed by atoms with van der Waals surface area (Å²) in [5, 5.41) is 0. The van der Waals surface area contributed by atoms with E-state index in [4.69, 9.17) is 10.5 Å². The first-order valence-corrected chi connectivity index (χ1v) is 6.76. The summed E-state index contributed by atoms with van der Waals surface area (Å²) < 4.78 is 6.14. The maximum absolute atomic E-state index is 6.14. The summed E-state index contributed by atoms with van der Waals surface area (Å²) in [7, 11) is 0. The Kier molecular flexibility index (Phi) is 4.43. The van der Waals surface area contributed by atoms with Crippen molar-refractivity contribution in [3.05, 3.63) is 29.3 Å². The molecule has 2 N–H and O–H groups in total. The van der Waals surface area contributed by atoms with Gasteiger partial charge in [0, 0.05) is 0 Å². The molecular formula is C15H23NO. The number of ether oxygens (including phenoxy) is 1. The van der Waals surface area contributed by atoms with Crippen molar-refractivity contribution in [1.29, 1.82) is 0 Å². The molecule has 0 saturated heterocycles. The van der Waals surface area contributed by atoms with E-state index in [0.717, 1.165) is 25.1 Å². The molecule has 0 spiro atoms. The molecule has 0 heterocycles. The molecule has 94 valence electrons. The molecule has 2 nitrogen and oxygen atoms in total. The van der Waals surface area contributed by atoms with Crippen LogP contribution in [0.25, 0.3) is 0 Å². The zero-order valence-electron chi connectivity index (χ0n) is 10.7. The van der Waals surface area contributed by atoms with E-state index in [-0.39, 0.29) is 0 Å². The average Bonchev–Trinajstić information content (AvgIpc) is 2.81. The minimum atomic E-state index is 0.438. The summed E-state index contributed by atoms with van der Waals surface area (Å²) >= 11 is 0. The molecule has 0 aliphatic heterocycles. The average molecular weight is 233 g/mol. The van der Waals surface area contributed by atoms with Gasteiger partial charge in [0.15, 0.2) is 0 Å². The third-order valence-electron chi connectivity index (χ3n) is 3.59. The molecule has 17 heavy (non-hydrogen) atoms. The molecule has 1 fully saturated rings. The second-order valence-electron chi connectivity index (χ2n) is 4.97. The first-order chi connectivity index (χ1) is 8.31. The van der Waals surface area contributed by atoms with Crippen molar-refractivity contribution < 1.29 is 4.74 Å². The van der Waals surface area contributed by atoms with Crippen molar-refractivity contribution in [2.24, 2.45) is 5.73 Å². The summed E-state index contributed by atoms with van der Waals surface area (Å²) in [5.41, 5.74) is 8.28. The highest BCUT2D eigenvalue weighted by Crippen LogP contribution is 2.29. The molecule has 0 unspecified atom stereocenters. The fourth-order valence-electron chi connectivity index (χ4n) is 2.57. The van der Waals surface area contributed by atoms with Gasteiger partial charge in [0.1, 0.15) is 5.75 Å². The van der Waals surface area contributed by atoms with Crippen LogP contribution in [0.1, 0.15) is 43.2 Å². The Balaban J connectivity index is 2.10. The zero-order valence-corrected chi connectivity index (χ0v) is 10.7. The lowest BCUT2D eigenvalue weighted by Gasteiger charge is -2.18. The van der Waals surface area contributed by atoms with Crippen molar-refractivity contribution in [2.45, 2.75) is 51.6 Å². The highest BCUT2D eigenvalue weighted by Gasteiger charge is 2.18. The van der Waals surface area contributed by atoms with Crippen molar-refractivity contribution >= 4 is 0 Å². The molecule has 0 radical (unpaired) electrons. The first kappa shape index (κ1) is 12.4. The van der Waals surface area contributed by atoms with Crippen LogP contribution in [0.2, 0.25) is 0 Å². The number of hydrogen-bond acceptors (Lipinski definition) is 2. The third-order valence-corrected chi connectivity index (χ3v) is 3.59. The topological polar surface area (TPSA) is 35.2 Å². The summed E-state index contributed by atoms with van der Waals surface area (Å²) in [6.45, 7) is 2.91. The molecule has 1 saturated carbocycles. The minimum absolute atomic E-state index is 0.438. The normalized spacial score (nSPS) is 16.4. The Morgan fingerprint density at radius 2 is 2.06 bits per heavy atom. The Morgan fingerprint density at radius 1 is 1.29 bits per heavy atom. The molecule has 1 aliphatic carbocycles. The number of rotatable bonds is 5. The predicted molar refractivity (Wildman–Crippen MR) is 71.4 cm³/mol. The fourth-order valence-corrected chi connectivity index (χ4v) is 2.57. The third kappa shape index (κ3) is 3.22. The van der Waals surface area contributed by atoms with Gasteiger partial charge in [-0.3, -0.25) is 0 Å². The standard InChI is InChI=1S/C15H23NO/c1-12-6-4-10-15(14(12)9-5-11-16)17-13-7-2-3-8-13/h4,6,10,13H,2-3,5,7-9,11,16H2,1H3. The van der Waals surface area contributed by atoms with Crippen molar-refractivity contribution in [2.75, 3.05) is 6.54 Å². The van der Waals surface area contributed by atoms with E-state index < -0.39 is 0 Å². The van der Waals surface area contributed by atoms with Gasteiger partial charge in [0.25, 0.3) is 0 Å². The summed E-state index contributed by atoms with van der Waals surface area (Å²) in [6, 6.07) is 6.36. The van der Waals surface area contributed by atoms with Crippen molar-refractivity contribution in [1.82, 2.24) is 0 Å². The van der Waals surface area contributed by atoms with Crippen molar-refractivity contribution in [3.8, 4) is 5.75 Å². The largest absolute Gasteiger partial charge is 0.490 e. The van der Waals surface area contributed by atoms with Gasteiger partial charge < -0.3 is 10.5 Å². The van der Waals surface area contributed by atoms with E-state index in [2.05, 4.69) is 25.1 Å². The van der Waals surface area contributed by atoms with Crippen LogP contribution in [-0.4, -0.2) is 12.6 Å². The van der Waals surface area contributed by atoms with Crippen LogP contribution in [0.3, 0.4) is 0 Å².